The van der Waals surface area contributed by atoms with Gasteiger partial charge in [-0.1, -0.05) is 30.3 Å². The van der Waals surface area contributed by atoms with E-state index in [1.807, 2.05) is 66.7 Å². The number of aromatic nitrogens is 2. The second kappa shape index (κ2) is 5.00. The largest absolute Gasteiger partial charge is 0.397 e. The third kappa shape index (κ3) is 2.20. The highest BCUT2D eigenvalue weighted by Crippen LogP contribution is 2.23. The summed E-state index contributed by atoms with van der Waals surface area (Å²) in [6, 6.07) is 21.7. The number of nitrogen functional groups attached to an aromatic ring is 1. The number of anilines is 3. The number of nitrogens with two attached hydrogens (primary N) is 1. The van der Waals surface area contributed by atoms with Gasteiger partial charge in [0.25, 0.3) is 0 Å². The first-order valence-corrected chi connectivity index (χ1v) is 7.08. The molecule has 0 aliphatic rings. The molecule has 0 fully saturated rings. The van der Waals surface area contributed by atoms with E-state index in [-0.39, 0.29) is 0 Å². The molecular formula is C18H14N4. The molecule has 2 heterocycles. The summed E-state index contributed by atoms with van der Waals surface area (Å²) in [5.74, 6) is 1.49. The van der Waals surface area contributed by atoms with Crippen molar-refractivity contribution in [2.75, 3.05) is 11.1 Å². The summed E-state index contributed by atoms with van der Waals surface area (Å²) in [6.07, 6.45) is 0. The molecule has 4 rings (SSSR count). The second-order valence-electron chi connectivity index (χ2n) is 5.13. The molecule has 0 radical (unpaired) electrons. The Morgan fingerprint density at radius 2 is 1.41 bits per heavy atom. The van der Waals surface area contributed by atoms with E-state index < -0.39 is 0 Å². The van der Waals surface area contributed by atoms with Crippen LogP contribution in [0.1, 0.15) is 0 Å². The lowest BCUT2D eigenvalue weighted by Crippen LogP contribution is -1.97. The lowest BCUT2D eigenvalue weighted by Gasteiger charge is -2.08. The first-order chi connectivity index (χ1) is 10.8. The molecule has 0 amide bonds. The van der Waals surface area contributed by atoms with Crippen LogP contribution in [0.4, 0.5) is 17.3 Å². The summed E-state index contributed by atoms with van der Waals surface area (Å²) >= 11 is 0. The summed E-state index contributed by atoms with van der Waals surface area (Å²) in [5, 5.41) is 5.38. The number of fused-ring (bicyclic) bond motifs is 2. The molecule has 2 aromatic carbocycles. The van der Waals surface area contributed by atoms with E-state index in [9.17, 15) is 0 Å². The minimum atomic E-state index is 0.674. The van der Waals surface area contributed by atoms with Crippen LogP contribution in [0.5, 0.6) is 0 Å². The molecule has 0 aliphatic heterocycles. The number of hydrogen-bond donors (Lipinski definition) is 2. The van der Waals surface area contributed by atoms with Crippen LogP contribution in [0.25, 0.3) is 21.8 Å². The highest BCUT2D eigenvalue weighted by Gasteiger charge is 2.03. The SMILES string of the molecule is Nc1cccc2ccc(Nc3ccc4ccccc4n3)nc12. The molecule has 0 saturated carbocycles. The fourth-order valence-electron chi connectivity index (χ4n) is 2.51. The molecule has 0 bridgehead atoms. The number of hydrogen-bond acceptors (Lipinski definition) is 4. The van der Waals surface area contributed by atoms with Crippen LogP contribution in [0, 0.1) is 0 Å². The molecule has 0 spiro atoms. The Morgan fingerprint density at radius 1 is 0.682 bits per heavy atom. The summed E-state index contributed by atoms with van der Waals surface area (Å²) in [5.41, 5.74) is 8.41. The Bertz CT molecular complexity index is 979. The van der Waals surface area contributed by atoms with Crippen LogP contribution >= 0.6 is 0 Å². The van der Waals surface area contributed by atoms with E-state index in [1.54, 1.807) is 0 Å². The quantitative estimate of drug-likeness (QED) is 0.544. The maximum Gasteiger partial charge on any atom is 0.132 e. The first-order valence-electron chi connectivity index (χ1n) is 7.08. The fraction of sp³-hybridized carbons (Fsp3) is 0. The molecule has 4 heteroatoms. The van der Waals surface area contributed by atoms with Crippen molar-refractivity contribution < 1.29 is 0 Å². The van der Waals surface area contributed by atoms with Crippen molar-refractivity contribution >= 4 is 39.1 Å². The number of rotatable bonds is 2. The third-order valence-electron chi connectivity index (χ3n) is 3.61. The van der Waals surface area contributed by atoms with E-state index in [0.29, 0.717) is 5.69 Å². The molecule has 2 aromatic heterocycles. The van der Waals surface area contributed by atoms with Crippen molar-refractivity contribution in [1.82, 2.24) is 9.97 Å². The smallest absolute Gasteiger partial charge is 0.132 e. The molecular weight excluding hydrogens is 272 g/mol. The van der Waals surface area contributed by atoms with E-state index >= 15 is 0 Å². The number of nitrogens with one attached hydrogen (secondary N) is 1. The number of para-hydroxylation sites is 2. The first kappa shape index (κ1) is 12.6. The molecule has 0 unspecified atom stereocenters. The van der Waals surface area contributed by atoms with Crippen molar-refractivity contribution in [3.8, 4) is 0 Å². The average molecular weight is 286 g/mol. The predicted molar refractivity (Wildman–Crippen MR) is 91.2 cm³/mol. The highest BCUT2D eigenvalue weighted by molar-refractivity contribution is 5.90. The molecule has 106 valence electrons. The minimum absolute atomic E-state index is 0.674. The zero-order chi connectivity index (χ0) is 14.9. The van der Waals surface area contributed by atoms with Gasteiger partial charge in [-0.2, -0.15) is 0 Å². The van der Waals surface area contributed by atoms with Crippen LogP contribution in [0.15, 0.2) is 66.7 Å². The number of nitrogens with zero attached hydrogens (tertiary/aromatic N) is 2. The maximum absolute atomic E-state index is 5.99. The predicted octanol–water partition coefficient (Wildman–Crippen LogP) is 4.11. The van der Waals surface area contributed by atoms with Crippen LogP contribution < -0.4 is 11.1 Å². The Labute approximate surface area is 127 Å². The lowest BCUT2D eigenvalue weighted by atomic mass is 10.2. The molecule has 0 atom stereocenters. The molecule has 3 N–H and O–H groups in total. The van der Waals surface area contributed by atoms with Gasteiger partial charge in [-0.05, 0) is 36.4 Å². The van der Waals surface area contributed by atoms with Gasteiger partial charge in [0.05, 0.1) is 16.7 Å². The Morgan fingerprint density at radius 3 is 2.32 bits per heavy atom. The average Bonchev–Trinajstić information content (AvgIpc) is 2.56. The van der Waals surface area contributed by atoms with Crippen LogP contribution in [-0.4, -0.2) is 9.97 Å². The third-order valence-corrected chi connectivity index (χ3v) is 3.61. The second-order valence-corrected chi connectivity index (χ2v) is 5.13. The lowest BCUT2D eigenvalue weighted by molar-refractivity contribution is 1.31. The summed E-state index contributed by atoms with van der Waals surface area (Å²) in [6.45, 7) is 0. The number of benzene rings is 2. The Hall–Kier alpha value is -3.14. The van der Waals surface area contributed by atoms with E-state index in [1.165, 1.54) is 0 Å². The van der Waals surface area contributed by atoms with Crippen molar-refractivity contribution in [1.29, 1.82) is 0 Å². The van der Waals surface area contributed by atoms with Crippen molar-refractivity contribution in [2.45, 2.75) is 0 Å². The van der Waals surface area contributed by atoms with E-state index in [0.717, 1.165) is 33.4 Å². The van der Waals surface area contributed by atoms with Gasteiger partial charge in [0.15, 0.2) is 0 Å². The minimum Gasteiger partial charge on any atom is -0.397 e. The van der Waals surface area contributed by atoms with Crippen LogP contribution in [0.3, 0.4) is 0 Å². The standard InChI is InChI=1S/C18H14N4/c19-14-6-3-5-13-9-11-17(22-18(13)14)21-16-10-8-12-4-1-2-7-15(12)20-16/h1-11H,19H2,(H,20,21,22). The van der Waals surface area contributed by atoms with Crippen molar-refractivity contribution in [3.05, 3.63) is 66.7 Å². The normalized spacial score (nSPS) is 10.9. The molecule has 4 aromatic rings. The van der Waals surface area contributed by atoms with E-state index in [2.05, 4.69) is 15.3 Å². The van der Waals surface area contributed by atoms with Gasteiger partial charge in [0.2, 0.25) is 0 Å². The topological polar surface area (TPSA) is 63.8 Å². The molecule has 0 aliphatic carbocycles. The van der Waals surface area contributed by atoms with Gasteiger partial charge >= 0.3 is 0 Å². The highest BCUT2D eigenvalue weighted by atomic mass is 15.1. The van der Waals surface area contributed by atoms with E-state index in [4.69, 9.17) is 5.73 Å². The van der Waals surface area contributed by atoms with Crippen molar-refractivity contribution in [2.24, 2.45) is 0 Å². The van der Waals surface area contributed by atoms with Gasteiger partial charge in [-0.15, -0.1) is 0 Å². The van der Waals surface area contributed by atoms with Gasteiger partial charge in [0.1, 0.15) is 11.6 Å². The zero-order valence-corrected chi connectivity index (χ0v) is 11.8. The molecule has 4 nitrogen and oxygen atoms in total. The monoisotopic (exact) mass is 286 g/mol. The molecule has 0 saturated heterocycles. The Kier molecular flexibility index (Phi) is 2.86. The fourth-order valence-corrected chi connectivity index (χ4v) is 2.51. The zero-order valence-electron chi connectivity index (χ0n) is 11.8. The summed E-state index contributed by atoms with van der Waals surface area (Å²) < 4.78 is 0. The Balaban J connectivity index is 1.73. The van der Waals surface area contributed by atoms with Crippen molar-refractivity contribution in [3.63, 3.8) is 0 Å². The van der Waals surface area contributed by atoms with Gasteiger partial charge < -0.3 is 11.1 Å². The van der Waals surface area contributed by atoms with Gasteiger partial charge in [-0.25, -0.2) is 9.97 Å². The summed E-state index contributed by atoms with van der Waals surface area (Å²) in [7, 11) is 0. The van der Waals surface area contributed by atoms with Crippen LogP contribution in [-0.2, 0) is 0 Å². The molecule has 22 heavy (non-hydrogen) atoms. The summed E-state index contributed by atoms with van der Waals surface area (Å²) in [4.78, 5) is 9.16. The number of pyridine rings is 2. The maximum atomic E-state index is 5.99. The van der Waals surface area contributed by atoms with Gasteiger partial charge in [-0.3, -0.25) is 0 Å². The van der Waals surface area contributed by atoms with Crippen LogP contribution in [0.2, 0.25) is 0 Å². The van der Waals surface area contributed by atoms with Gasteiger partial charge in [0, 0.05) is 10.8 Å².